The molecular weight excluding hydrogens is 260 g/mol. The van der Waals surface area contributed by atoms with Gasteiger partial charge < -0.3 is 10.8 Å². The van der Waals surface area contributed by atoms with Gasteiger partial charge in [0.2, 0.25) is 0 Å². The van der Waals surface area contributed by atoms with E-state index in [-0.39, 0.29) is 12.1 Å². The summed E-state index contributed by atoms with van der Waals surface area (Å²) < 4.78 is 0. The number of aryl methyl sites for hydroxylation is 1. The molecule has 2 aliphatic rings. The first kappa shape index (κ1) is 15.0. The fraction of sp³-hybridized carbons (Fsp3) is 0.667. The number of hydrogen-bond acceptors (Lipinski definition) is 3. The number of nitrogens with two attached hydrogens (primary N) is 1. The van der Waals surface area contributed by atoms with Crippen molar-refractivity contribution < 1.29 is 5.11 Å². The van der Waals surface area contributed by atoms with Crippen LogP contribution in [0.3, 0.4) is 0 Å². The molecule has 3 nitrogen and oxygen atoms in total. The van der Waals surface area contributed by atoms with Crippen molar-refractivity contribution in [1.29, 1.82) is 0 Å². The standard InChI is InChI=1S/C18H28N2O/c1-13-2-4-14(5-3-13)10-20-11-15(8-17(19)12-20)9-18(21)16-6-7-16/h2-5,15-18,21H,6-12,19H2,1H3. The Kier molecular flexibility index (Phi) is 4.63. The van der Waals surface area contributed by atoms with E-state index < -0.39 is 0 Å². The van der Waals surface area contributed by atoms with Gasteiger partial charge in [0.15, 0.2) is 0 Å². The van der Waals surface area contributed by atoms with Crippen LogP contribution in [0.25, 0.3) is 0 Å². The Balaban J connectivity index is 1.55. The van der Waals surface area contributed by atoms with Crippen LogP contribution in [0.15, 0.2) is 24.3 Å². The molecule has 3 heteroatoms. The molecular formula is C18H28N2O. The summed E-state index contributed by atoms with van der Waals surface area (Å²) in [5.41, 5.74) is 8.90. The number of benzene rings is 1. The number of nitrogens with zero attached hydrogens (tertiary/aromatic N) is 1. The molecule has 3 unspecified atom stereocenters. The first-order chi connectivity index (χ1) is 10.1. The molecule has 1 aromatic carbocycles. The smallest absolute Gasteiger partial charge is 0.0571 e. The van der Waals surface area contributed by atoms with Crippen LogP contribution >= 0.6 is 0 Å². The van der Waals surface area contributed by atoms with Crippen molar-refractivity contribution in [1.82, 2.24) is 4.90 Å². The first-order valence-electron chi connectivity index (χ1n) is 8.31. The Morgan fingerprint density at radius 1 is 1.24 bits per heavy atom. The Bertz CT molecular complexity index is 455. The van der Waals surface area contributed by atoms with Gasteiger partial charge in [-0.3, -0.25) is 4.90 Å². The van der Waals surface area contributed by atoms with Crippen LogP contribution in [-0.4, -0.2) is 35.2 Å². The molecule has 0 radical (unpaired) electrons. The van der Waals surface area contributed by atoms with Gasteiger partial charge in [0.25, 0.3) is 0 Å². The minimum absolute atomic E-state index is 0.0958. The number of hydrogen-bond donors (Lipinski definition) is 2. The van der Waals surface area contributed by atoms with Crippen molar-refractivity contribution in [2.75, 3.05) is 13.1 Å². The lowest BCUT2D eigenvalue weighted by atomic mass is 9.88. The normalized spacial score (nSPS) is 28.5. The summed E-state index contributed by atoms with van der Waals surface area (Å²) in [5.74, 6) is 1.13. The second-order valence-electron chi connectivity index (χ2n) is 7.18. The van der Waals surface area contributed by atoms with E-state index >= 15 is 0 Å². The van der Waals surface area contributed by atoms with Gasteiger partial charge in [-0.15, -0.1) is 0 Å². The van der Waals surface area contributed by atoms with E-state index in [0.717, 1.165) is 32.5 Å². The maximum absolute atomic E-state index is 10.2. The third-order valence-corrected chi connectivity index (χ3v) is 4.91. The van der Waals surface area contributed by atoms with Crippen LogP contribution in [0.2, 0.25) is 0 Å². The lowest BCUT2D eigenvalue weighted by molar-refractivity contribution is 0.0781. The van der Waals surface area contributed by atoms with E-state index in [0.29, 0.717) is 11.8 Å². The molecule has 0 bridgehead atoms. The Labute approximate surface area is 128 Å². The highest BCUT2D eigenvalue weighted by molar-refractivity contribution is 5.21. The number of aliphatic hydroxyl groups excluding tert-OH is 1. The second kappa shape index (κ2) is 6.47. The Morgan fingerprint density at radius 3 is 2.62 bits per heavy atom. The number of aliphatic hydroxyl groups is 1. The van der Waals surface area contributed by atoms with Crippen molar-refractivity contribution in [3.8, 4) is 0 Å². The van der Waals surface area contributed by atoms with Gasteiger partial charge in [0.1, 0.15) is 0 Å². The summed E-state index contributed by atoms with van der Waals surface area (Å²) in [4.78, 5) is 2.46. The van der Waals surface area contributed by atoms with Crippen molar-refractivity contribution in [3.63, 3.8) is 0 Å². The average molecular weight is 288 g/mol. The highest BCUT2D eigenvalue weighted by atomic mass is 16.3. The molecule has 0 spiro atoms. The predicted molar refractivity (Wildman–Crippen MR) is 85.9 cm³/mol. The predicted octanol–water partition coefficient (Wildman–Crippen LogP) is 2.31. The molecule has 1 aliphatic carbocycles. The maximum Gasteiger partial charge on any atom is 0.0571 e. The van der Waals surface area contributed by atoms with E-state index in [1.54, 1.807) is 0 Å². The molecule has 0 amide bonds. The quantitative estimate of drug-likeness (QED) is 0.874. The van der Waals surface area contributed by atoms with Crippen LogP contribution in [0, 0.1) is 18.8 Å². The minimum Gasteiger partial charge on any atom is -0.393 e. The summed E-state index contributed by atoms with van der Waals surface area (Å²) in [6, 6.07) is 9.02. The van der Waals surface area contributed by atoms with Gasteiger partial charge in [-0.2, -0.15) is 0 Å². The molecule has 2 fully saturated rings. The van der Waals surface area contributed by atoms with Crippen LogP contribution in [0.5, 0.6) is 0 Å². The summed E-state index contributed by atoms with van der Waals surface area (Å²) in [7, 11) is 0. The van der Waals surface area contributed by atoms with Gasteiger partial charge in [0.05, 0.1) is 6.10 Å². The van der Waals surface area contributed by atoms with Crippen molar-refractivity contribution in [2.45, 2.75) is 51.3 Å². The third kappa shape index (κ3) is 4.29. The lowest BCUT2D eigenvalue weighted by Gasteiger charge is -2.37. The van der Waals surface area contributed by atoms with Crippen molar-refractivity contribution in [2.24, 2.45) is 17.6 Å². The summed E-state index contributed by atoms with van der Waals surface area (Å²) >= 11 is 0. The number of rotatable bonds is 5. The molecule has 21 heavy (non-hydrogen) atoms. The zero-order chi connectivity index (χ0) is 14.8. The van der Waals surface area contributed by atoms with E-state index in [1.807, 2.05) is 0 Å². The first-order valence-corrected chi connectivity index (χ1v) is 8.31. The molecule has 1 saturated heterocycles. The Hall–Kier alpha value is -0.900. The van der Waals surface area contributed by atoms with Crippen LogP contribution in [0.4, 0.5) is 0 Å². The minimum atomic E-state index is -0.0958. The van der Waals surface area contributed by atoms with Crippen molar-refractivity contribution in [3.05, 3.63) is 35.4 Å². The van der Waals surface area contributed by atoms with Gasteiger partial charge >= 0.3 is 0 Å². The second-order valence-corrected chi connectivity index (χ2v) is 7.18. The molecule has 1 saturated carbocycles. The van der Waals surface area contributed by atoms with E-state index in [9.17, 15) is 5.11 Å². The number of likely N-dealkylation sites (tertiary alicyclic amines) is 1. The third-order valence-electron chi connectivity index (χ3n) is 4.91. The molecule has 0 aromatic heterocycles. The molecule has 3 rings (SSSR count). The van der Waals surface area contributed by atoms with Crippen LogP contribution < -0.4 is 5.73 Å². The highest BCUT2D eigenvalue weighted by Crippen LogP contribution is 2.36. The fourth-order valence-corrected chi connectivity index (χ4v) is 3.62. The molecule has 116 valence electrons. The largest absolute Gasteiger partial charge is 0.393 e. The highest BCUT2D eigenvalue weighted by Gasteiger charge is 2.33. The van der Waals surface area contributed by atoms with E-state index in [1.165, 1.54) is 24.0 Å². The van der Waals surface area contributed by atoms with Crippen molar-refractivity contribution >= 4 is 0 Å². The zero-order valence-corrected chi connectivity index (χ0v) is 13.0. The molecule has 1 aliphatic heterocycles. The molecule has 1 heterocycles. The topological polar surface area (TPSA) is 49.5 Å². The van der Waals surface area contributed by atoms with Gasteiger partial charge in [-0.1, -0.05) is 29.8 Å². The maximum atomic E-state index is 10.2. The van der Waals surface area contributed by atoms with E-state index in [4.69, 9.17) is 5.73 Å². The Morgan fingerprint density at radius 2 is 1.95 bits per heavy atom. The van der Waals surface area contributed by atoms with Gasteiger partial charge in [0, 0.05) is 25.7 Å². The monoisotopic (exact) mass is 288 g/mol. The lowest BCUT2D eigenvalue weighted by Crippen LogP contribution is -2.47. The van der Waals surface area contributed by atoms with E-state index in [2.05, 4.69) is 36.1 Å². The summed E-state index contributed by atoms with van der Waals surface area (Å²) in [5, 5.41) is 10.2. The van der Waals surface area contributed by atoms with Crippen LogP contribution in [-0.2, 0) is 6.54 Å². The summed E-state index contributed by atoms with van der Waals surface area (Å²) in [6.45, 7) is 5.15. The molecule has 3 N–H and O–H groups in total. The number of piperidine rings is 1. The zero-order valence-electron chi connectivity index (χ0n) is 13.0. The fourth-order valence-electron chi connectivity index (χ4n) is 3.62. The molecule has 1 aromatic rings. The van der Waals surface area contributed by atoms with Crippen LogP contribution in [0.1, 0.15) is 36.8 Å². The SMILES string of the molecule is Cc1ccc(CN2CC(N)CC(CC(O)C3CC3)C2)cc1. The molecule has 3 atom stereocenters. The van der Waals surface area contributed by atoms with Gasteiger partial charge in [-0.05, 0) is 50.0 Å². The average Bonchev–Trinajstić information content (AvgIpc) is 3.25. The van der Waals surface area contributed by atoms with Gasteiger partial charge in [-0.25, -0.2) is 0 Å². The summed E-state index contributed by atoms with van der Waals surface area (Å²) in [6.07, 6.45) is 4.33.